The number of hydrogen-bond acceptors (Lipinski definition) is 3. The maximum atomic E-state index is 11.7. The first-order valence-electron chi connectivity index (χ1n) is 5.73. The Kier molecular flexibility index (Phi) is 3.70. The molecule has 0 amide bonds. The van der Waals surface area contributed by atoms with E-state index >= 15 is 0 Å². The number of hydrogen-bond donors (Lipinski definition) is 0. The van der Waals surface area contributed by atoms with Gasteiger partial charge in [-0.2, -0.15) is 0 Å². The van der Waals surface area contributed by atoms with Crippen LogP contribution in [0.15, 0.2) is 42.5 Å². The largest absolute Gasteiger partial charge is 0.389 e. The number of benzene rings is 1. The van der Waals surface area contributed by atoms with Crippen LogP contribution in [0.2, 0.25) is 0 Å². The van der Waals surface area contributed by atoms with Gasteiger partial charge in [0.2, 0.25) is 0 Å². The molecule has 1 atom stereocenters. The van der Waals surface area contributed by atoms with Gasteiger partial charge >= 0.3 is 11.9 Å². The van der Waals surface area contributed by atoms with E-state index in [9.17, 15) is 9.59 Å². The van der Waals surface area contributed by atoms with Crippen molar-refractivity contribution in [3.8, 4) is 0 Å². The molecule has 0 radical (unpaired) electrons. The van der Waals surface area contributed by atoms with E-state index in [0.29, 0.717) is 12.0 Å². The average Bonchev–Trinajstić information content (AvgIpc) is 2.40. The van der Waals surface area contributed by atoms with Crippen LogP contribution in [-0.2, 0) is 9.53 Å². The zero-order chi connectivity index (χ0) is 12.1. The number of carbonyl (C=O) groups is 2. The van der Waals surface area contributed by atoms with Crippen molar-refractivity contribution in [1.29, 1.82) is 0 Å². The zero-order valence-corrected chi connectivity index (χ0v) is 9.46. The van der Waals surface area contributed by atoms with Crippen LogP contribution in [0.1, 0.15) is 29.6 Å². The summed E-state index contributed by atoms with van der Waals surface area (Å²) < 4.78 is 4.86. The third-order valence-electron chi connectivity index (χ3n) is 2.81. The molecule has 1 aliphatic carbocycles. The molecule has 0 aromatic heterocycles. The molecule has 0 fully saturated rings. The van der Waals surface area contributed by atoms with Gasteiger partial charge in [0.25, 0.3) is 0 Å². The second kappa shape index (κ2) is 5.43. The molecule has 0 saturated carbocycles. The molecule has 1 aromatic carbocycles. The molecule has 17 heavy (non-hydrogen) atoms. The molecule has 1 unspecified atom stereocenters. The Morgan fingerprint density at radius 3 is 2.53 bits per heavy atom. The van der Waals surface area contributed by atoms with Gasteiger partial charge < -0.3 is 4.74 Å². The first-order valence-corrected chi connectivity index (χ1v) is 5.73. The summed E-state index contributed by atoms with van der Waals surface area (Å²) in [6.07, 6.45) is 6.31. The van der Waals surface area contributed by atoms with E-state index in [-0.39, 0.29) is 5.92 Å². The topological polar surface area (TPSA) is 43.4 Å². The number of rotatable bonds is 2. The molecule has 3 heteroatoms. The van der Waals surface area contributed by atoms with Crippen molar-refractivity contribution in [2.24, 2.45) is 5.92 Å². The van der Waals surface area contributed by atoms with E-state index in [1.807, 2.05) is 18.2 Å². The quantitative estimate of drug-likeness (QED) is 0.445. The molecule has 0 bridgehead atoms. The summed E-state index contributed by atoms with van der Waals surface area (Å²) in [5.74, 6) is -1.15. The zero-order valence-electron chi connectivity index (χ0n) is 9.46. The molecular weight excluding hydrogens is 216 g/mol. The van der Waals surface area contributed by atoms with Crippen LogP contribution in [0.3, 0.4) is 0 Å². The van der Waals surface area contributed by atoms with Crippen molar-refractivity contribution in [2.45, 2.75) is 19.3 Å². The molecule has 88 valence electrons. The number of ether oxygens (including phenoxy) is 1. The van der Waals surface area contributed by atoms with Gasteiger partial charge in [-0.05, 0) is 31.4 Å². The normalized spacial score (nSPS) is 18.7. The summed E-state index contributed by atoms with van der Waals surface area (Å²) in [6.45, 7) is 0. The molecular formula is C14H14O3. The lowest BCUT2D eigenvalue weighted by Gasteiger charge is -2.15. The average molecular weight is 230 g/mol. The van der Waals surface area contributed by atoms with Crippen molar-refractivity contribution < 1.29 is 14.3 Å². The Labute approximate surface area is 100 Å². The van der Waals surface area contributed by atoms with Crippen molar-refractivity contribution in [1.82, 2.24) is 0 Å². The molecule has 0 aliphatic heterocycles. The molecule has 1 aromatic rings. The van der Waals surface area contributed by atoms with Crippen molar-refractivity contribution >= 4 is 11.9 Å². The maximum absolute atomic E-state index is 11.7. The highest BCUT2D eigenvalue weighted by molar-refractivity contribution is 5.97. The summed E-state index contributed by atoms with van der Waals surface area (Å²) in [5, 5.41) is 0. The third-order valence-corrected chi connectivity index (χ3v) is 2.81. The lowest BCUT2D eigenvalue weighted by molar-refractivity contribution is -0.142. The fourth-order valence-corrected chi connectivity index (χ4v) is 1.82. The summed E-state index contributed by atoms with van der Waals surface area (Å²) in [6, 6.07) is 8.56. The minimum Gasteiger partial charge on any atom is -0.389 e. The first-order chi connectivity index (χ1) is 8.27. The van der Waals surface area contributed by atoms with E-state index < -0.39 is 11.9 Å². The molecule has 0 N–H and O–H groups in total. The lowest BCUT2D eigenvalue weighted by atomic mass is 9.95. The second-order valence-electron chi connectivity index (χ2n) is 4.06. The van der Waals surface area contributed by atoms with Crippen LogP contribution in [0.5, 0.6) is 0 Å². The van der Waals surface area contributed by atoms with Crippen molar-refractivity contribution in [2.75, 3.05) is 0 Å². The summed E-state index contributed by atoms with van der Waals surface area (Å²) in [4.78, 5) is 23.3. The summed E-state index contributed by atoms with van der Waals surface area (Å²) >= 11 is 0. The molecule has 0 saturated heterocycles. The summed E-state index contributed by atoms with van der Waals surface area (Å²) in [7, 11) is 0. The standard InChI is InChI=1S/C14H14O3/c15-13(11-7-3-1-4-8-11)17-14(16)12-9-5-2-6-10-12/h1-5,7-8,12H,6,9-10H2. The predicted octanol–water partition coefficient (Wildman–Crippen LogP) is 2.73. The van der Waals surface area contributed by atoms with Gasteiger partial charge in [-0.25, -0.2) is 4.79 Å². The fourth-order valence-electron chi connectivity index (χ4n) is 1.82. The van der Waals surface area contributed by atoms with Gasteiger partial charge in [-0.3, -0.25) is 4.79 Å². The van der Waals surface area contributed by atoms with Gasteiger partial charge in [0.1, 0.15) is 0 Å². The Morgan fingerprint density at radius 1 is 1.12 bits per heavy atom. The highest BCUT2D eigenvalue weighted by atomic mass is 16.6. The van der Waals surface area contributed by atoms with Crippen LogP contribution >= 0.6 is 0 Å². The number of carbonyl (C=O) groups excluding carboxylic acids is 2. The number of esters is 2. The predicted molar refractivity (Wildman–Crippen MR) is 63.3 cm³/mol. The SMILES string of the molecule is O=C(OC(=O)C1CC=CCC1)c1ccccc1. The van der Waals surface area contributed by atoms with E-state index in [4.69, 9.17) is 4.74 Å². The monoisotopic (exact) mass is 230 g/mol. The van der Waals surface area contributed by atoms with Crippen LogP contribution in [0.4, 0.5) is 0 Å². The molecule has 0 heterocycles. The lowest BCUT2D eigenvalue weighted by Crippen LogP contribution is -2.22. The van der Waals surface area contributed by atoms with Gasteiger partial charge in [-0.15, -0.1) is 0 Å². The number of allylic oxidation sites excluding steroid dienone is 2. The first kappa shape index (κ1) is 11.6. The van der Waals surface area contributed by atoms with Crippen molar-refractivity contribution in [3.05, 3.63) is 48.0 Å². The maximum Gasteiger partial charge on any atom is 0.345 e. The van der Waals surface area contributed by atoms with Crippen molar-refractivity contribution in [3.63, 3.8) is 0 Å². The van der Waals surface area contributed by atoms with Gasteiger partial charge in [0.15, 0.2) is 0 Å². The highest BCUT2D eigenvalue weighted by Gasteiger charge is 2.23. The summed E-state index contributed by atoms with van der Waals surface area (Å²) in [5.41, 5.74) is 0.409. The van der Waals surface area contributed by atoms with Gasteiger partial charge in [-0.1, -0.05) is 30.4 Å². The smallest absolute Gasteiger partial charge is 0.345 e. The Hall–Kier alpha value is -1.90. The molecule has 1 aliphatic rings. The second-order valence-corrected chi connectivity index (χ2v) is 4.06. The highest BCUT2D eigenvalue weighted by Crippen LogP contribution is 2.20. The molecule has 0 spiro atoms. The minimum atomic E-state index is -0.565. The fraction of sp³-hybridized carbons (Fsp3) is 0.286. The van der Waals surface area contributed by atoms with E-state index in [1.54, 1.807) is 24.3 Å². The Morgan fingerprint density at radius 2 is 1.88 bits per heavy atom. The van der Waals surface area contributed by atoms with E-state index in [2.05, 4.69) is 0 Å². The Bertz CT molecular complexity index is 434. The molecule has 3 nitrogen and oxygen atoms in total. The van der Waals surface area contributed by atoms with Crippen LogP contribution in [0.25, 0.3) is 0 Å². The third kappa shape index (κ3) is 3.03. The minimum absolute atomic E-state index is 0.173. The molecule has 2 rings (SSSR count). The van der Waals surface area contributed by atoms with Gasteiger partial charge in [0, 0.05) is 0 Å². The van der Waals surface area contributed by atoms with Crippen LogP contribution < -0.4 is 0 Å². The van der Waals surface area contributed by atoms with Crippen LogP contribution in [0, 0.1) is 5.92 Å². The van der Waals surface area contributed by atoms with E-state index in [1.165, 1.54) is 0 Å². The van der Waals surface area contributed by atoms with E-state index in [0.717, 1.165) is 12.8 Å². The van der Waals surface area contributed by atoms with Crippen LogP contribution in [-0.4, -0.2) is 11.9 Å². The Balaban J connectivity index is 1.95. The van der Waals surface area contributed by atoms with Gasteiger partial charge in [0.05, 0.1) is 11.5 Å².